The number of rotatable bonds is 10. The Kier molecular flexibility index (Phi) is 8.44. The zero-order valence-corrected chi connectivity index (χ0v) is 15.3. The highest BCUT2D eigenvalue weighted by Crippen LogP contribution is 2.27. The standard InChI is InChI=1S/C16H25N5O7/c22-8-11-10(23)7-14(28-11)21-9-17-15(19-16(21)26)18-12(24)5-3-1-2-4-6-13(25)20-27/h9-11,14,22-23,27H,1-8H2,(H,20,25)(H,18,19,24,26). The van der Waals surface area contributed by atoms with E-state index in [4.69, 9.17) is 15.1 Å². The Labute approximate surface area is 160 Å². The summed E-state index contributed by atoms with van der Waals surface area (Å²) < 4.78 is 6.47. The van der Waals surface area contributed by atoms with Gasteiger partial charge in [-0.25, -0.2) is 15.3 Å². The summed E-state index contributed by atoms with van der Waals surface area (Å²) in [5, 5.41) is 29.6. The zero-order valence-electron chi connectivity index (χ0n) is 15.3. The first-order valence-electron chi connectivity index (χ1n) is 9.07. The van der Waals surface area contributed by atoms with Gasteiger partial charge in [0.1, 0.15) is 18.7 Å². The van der Waals surface area contributed by atoms with Gasteiger partial charge in [-0.2, -0.15) is 4.98 Å². The van der Waals surface area contributed by atoms with Gasteiger partial charge in [0.05, 0.1) is 12.7 Å². The number of ether oxygens (including phenoxy) is 1. The molecule has 156 valence electrons. The Morgan fingerprint density at radius 2 is 1.89 bits per heavy atom. The number of nitrogens with one attached hydrogen (secondary N) is 2. The van der Waals surface area contributed by atoms with Crippen molar-refractivity contribution in [3.63, 3.8) is 0 Å². The lowest BCUT2D eigenvalue weighted by Crippen LogP contribution is -2.29. The number of nitrogens with zero attached hydrogens (tertiary/aromatic N) is 3. The van der Waals surface area contributed by atoms with Crippen molar-refractivity contribution in [3.05, 3.63) is 16.8 Å². The lowest BCUT2D eigenvalue weighted by molar-refractivity contribution is -0.129. The van der Waals surface area contributed by atoms with Crippen molar-refractivity contribution < 1.29 is 29.7 Å². The number of carbonyl (C=O) groups excluding carboxylic acids is 2. The van der Waals surface area contributed by atoms with Crippen molar-refractivity contribution in [1.82, 2.24) is 20.0 Å². The van der Waals surface area contributed by atoms with E-state index in [0.29, 0.717) is 12.8 Å². The number of unbranched alkanes of at least 4 members (excludes halogenated alkanes) is 3. The molecule has 1 aromatic rings. The van der Waals surface area contributed by atoms with E-state index in [1.54, 1.807) is 5.48 Å². The molecule has 0 spiro atoms. The Morgan fingerprint density at radius 3 is 2.46 bits per heavy atom. The van der Waals surface area contributed by atoms with E-state index in [9.17, 15) is 19.5 Å². The van der Waals surface area contributed by atoms with Gasteiger partial charge >= 0.3 is 5.69 Å². The van der Waals surface area contributed by atoms with E-state index in [-0.39, 0.29) is 37.7 Å². The fourth-order valence-electron chi connectivity index (χ4n) is 2.82. The number of hydroxylamine groups is 1. The van der Waals surface area contributed by atoms with Crippen LogP contribution in [0.15, 0.2) is 11.1 Å². The molecule has 0 saturated carbocycles. The van der Waals surface area contributed by atoms with Gasteiger partial charge in [-0.3, -0.25) is 24.7 Å². The van der Waals surface area contributed by atoms with Crippen molar-refractivity contribution in [1.29, 1.82) is 0 Å². The maximum Gasteiger partial charge on any atom is 0.354 e. The van der Waals surface area contributed by atoms with Gasteiger partial charge in [0, 0.05) is 19.3 Å². The summed E-state index contributed by atoms with van der Waals surface area (Å²) in [6.07, 6.45) is 2.00. The van der Waals surface area contributed by atoms with E-state index >= 15 is 0 Å². The maximum atomic E-state index is 12.1. The molecule has 1 saturated heterocycles. The molecule has 5 N–H and O–H groups in total. The van der Waals surface area contributed by atoms with E-state index in [2.05, 4.69) is 15.3 Å². The molecule has 3 atom stereocenters. The van der Waals surface area contributed by atoms with Crippen LogP contribution in [0.1, 0.15) is 51.2 Å². The fourth-order valence-corrected chi connectivity index (χ4v) is 2.82. The third-order valence-corrected chi connectivity index (χ3v) is 4.35. The van der Waals surface area contributed by atoms with E-state index < -0.39 is 30.0 Å². The Bertz CT molecular complexity index is 726. The molecular formula is C16H25N5O7. The minimum absolute atomic E-state index is 0.122. The maximum absolute atomic E-state index is 12.1. The molecule has 1 fully saturated rings. The summed E-state index contributed by atoms with van der Waals surface area (Å²) in [7, 11) is 0. The summed E-state index contributed by atoms with van der Waals surface area (Å²) >= 11 is 0. The quantitative estimate of drug-likeness (QED) is 0.189. The highest BCUT2D eigenvalue weighted by Gasteiger charge is 2.35. The van der Waals surface area contributed by atoms with Crippen molar-refractivity contribution in [2.24, 2.45) is 0 Å². The van der Waals surface area contributed by atoms with Gasteiger partial charge in [-0.15, -0.1) is 0 Å². The molecule has 2 rings (SSSR count). The fraction of sp³-hybridized carbons (Fsp3) is 0.688. The molecule has 1 aliphatic heterocycles. The third kappa shape index (κ3) is 6.34. The molecule has 1 aromatic heterocycles. The summed E-state index contributed by atoms with van der Waals surface area (Å²) in [6, 6.07) is 0. The number of aliphatic hydroxyl groups excluding tert-OH is 2. The molecule has 3 unspecified atom stereocenters. The summed E-state index contributed by atoms with van der Waals surface area (Å²) in [6.45, 7) is -0.365. The van der Waals surface area contributed by atoms with Crippen molar-refractivity contribution >= 4 is 17.8 Å². The van der Waals surface area contributed by atoms with Crippen LogP contribution in [-0.4, -0.2) is 60.6 Å². The van der Waals surface area contributed by atoms with Crippen LogP contribution in [0.2, 0.25) is 0 Å². The molecule has 2 heterocycles. The predicted octanol–water partition coefficient (Wildman–Crippen LogP) is -0.936. The van der Waals surface area contributed by atoms with Gasteiger partial charge in [-0.1, -0.05) is 12.8 Å². The van der Waals surface area contributed by atoms with E-state index in [1.165, 1.54) is 6.33 Å². The van der Waals surface area contributed by atoms with Crippen molar-refractivity contribution in [2.45, 2.75) is 63.4 Å². The predicted molar refractivity (Wildman–Crippen MR) is 94.2 cm³/mol. The monoisotopic (exact) mass is 399 g/mol. The second-order valence-corrected chi connectivity index (χ2v) is 6.48. The normalized spacial score (nSPS) is 21.5. The van der Waals surface area contributed by atoms with Gasteiger partial charge in [0.2, 0.25) is 17.8 Å². The molecule has 12 heteroatoms. The SMILES string of the molecule is O=C(CCCCCCC(=O)Nc1ncn(C2CC(O)C(CO)O2)c(=O)n1)NO. The smallest absolute Gasteiger partial charge is 0.354 e. The van der Waals surface area contributed by atoms with Crippen LogP contribution in [-0.2, 0) is 14.3 Å². The van der Waals surface area contributed by atoms with Gasteiger partial charge in [0.25, 0.3) is 0 Å². The lowest BCUT2D eigenvalue weighted by atomic mass is 10.1. The number of amides is 2. The molecule has 0 radical (unpaired) electrons. The van der Waals surface area contributed by atoms with Gasteiger partial charge in [-0.05, 0) is 12.8 Å². The average Bonchev–Trinajstić information content (AvgIpc) is 3.04. The second-order valence-electron chi connectivity index (χ2n) is 6.48. The number of hydrogen-bond acceptors (Lipinski definition) is 9. The summed E-state index contributed by atoms with van der Waals surface area (Å²) in [4.78, 5) is 42.5. The molecule has 0 aromatic carbocycles. The molecule has 2 amide bonds. The van der Waals surface area contributed by atoms with Crippen LogP contribution in [0.4, 0.5) is 5.95 Å². The number of aliphatic hydroxyl groups is 2. The van der Waals surface area contributed by atoms with E-state index in [0.717, 1.165) is 17.4 Å². The van der Waals surface area contributed by atoms with Gasteiger partial charge < -0.3 is 14.9 Å². The van der Waals surface area contributed by atoms with Crippen molar-refractivity contribution in [2.75, 3.05) is 11.9 Å². The lowest BCUT2D eigenvalue weighted by Gasteiger charge is -2.14. The van der Waals surface area contributed by atoms with E-state index in [1.807, 2.05) is 0 Å². The topological polar surface area (TPSA) is 176 Å². The van der Waals surface area contributed by atoms with Crippen LogP contribution in [0.25, 0.3) is 0 Å². The van der Waals surface area contributed by atoms with Gasteiger partial charge in [0.15, 0.2) is 0 Å². The highest BCUT2D eigenvalue weighted by atomic mass is 16.5. The zero-order chi connectivity index (χ0) is 20.5. The minimum Gasteiger partial charge on any atom is -0.394 e. The first-order valence-corrected chi connectivity index (χ1v) is 9.07. The first kappa shape index (κ1) is 21.9. The first-order chi connectivity index (χ1) is 13.4. The number of aromatic nitrogens is 3. The largest absolute Gasteiger partial charge is 0.394 e. The van der Waals surface area contributed by atoms with Crippen LogP contribution in [0.5, 0.6) is 0 Å². The summed E-state index contributed by atoms with van der Waals surface area (Å²) in [5.41, 5.74) is 0.868. The number of hydrogen-bond donors (Lipinski definition) is 5. The van der Waals surface area contributed by atoms with Crippen LogP contribution in [0.3, 0.4) is 0 Å². The Morgan fingerprint density at radius 1 is 1.21 bits per heavy atom. The molecule has 12 nitrogen and oxygen atoms in total. The molecular weight excluding hydrogens is 374 g/mol. The van der Waals surface area contributed by atoms with Crippen molar-refractivity contribution in [3.8, 4) is 0 Å². The molecule has 1 aliphatic rings. The van der Waals surface area contributed by atoms with Crippen LogP contribution < -0.4 is 16.5 Å². The summed E-state index contributed by atoms with van der Waals surface area (Å²) in [5.74, 6) is -0.893. The number of anilines is 1. The van der Waals surface area contributed by atoms with Crippen LogP contribution in [0, 0.1) is 0 Å². The molecule has 0 aliphatic carbocycles. The highest BCUT2D eigenvalue weighted by molar-refractivity contribution is 5.88. The average molecular weight is 399 g/mol. The minimum atomic E-state index is -0.890. The number of carbonyl (C=O) groups is 2. The van der Waals surface area contributed by atoms with Crippen LogP contribution >= 0.6 is 0 Å². The Balaban J connectivity index is 1.75. The molecule has 0 bridgehead atoms. The Hall–Kier alpha value is -2.41. The second kappa shape index (κ2) is 10.8. The third-order valence-electron chi connectivity index (χ3n) is 4.35. The molecule has 28 heavy (non-hydrogen) atoms.